The maximum Gasteiger partial charge on any atom is 0.136 e. The van der Waals surface area contributed by atoms with Crippen molar-refractivity contribution < 1.29 is 4.42 Å². The van der Waals surface area contributed by atoms with E-state index in [9.17, 15) is 0 Å². The fourth-order valence-electron chi connectivity index (χ4n) is 8.74. The largest absolute Gasteiger partial charge is 0.456 e. The summed E-state index contributed by atoms with van der Waals surface area (Å²) in [6.07, 6.45) is 2.30. The smallest absolute Gasteiger partial charge is 0.136 e. The minimum Gasteiger partial charge on any atom is -0.456 e. The Morgan fingerprint density at radius 3 is 1.80 bits per heavy atom. The van der Waals surface area contributed by atoms with Crippen molar-refractivity contribution in [3.8, 4) is 22.3 Å². The molecule has 0 N–H and O–H groups in total. The summed E-state index contributed by atoms with van der Waals surface area (Å²) in [6, 6.07) is 60.0. The Kier molecular flexibility index (Phi) is 6.92. The summed E-state index contributed by atoms with van der Waals surface area (Å²) in [5.41, 5.74) is 11.8. The molecule has 54 heavy (non-hydrogen) atoms. The van der Waals surface area contributed by atoms with Crippen LogP contribution in [0.15, 0.2) is 168 Å². The number of hydrogen-bond acceptors (Lipinski definition) is 2. The van der Waals surface area contributed by atoms with Crippen LogP contribution in [0.4, 0.5) is 0 Å². The third-order valence-corrected chi connectivity index (χ3v) is 12.5. The molecule has 2 heteroatoms. The van der Waals surface area contributed by atoms with Crippen molar-refractivity contribution in [2.24, 2.45) is 0 Å². The average Bonchev–Trinajstić information content (AvgIpc) is 3.78. The quantitative estimate of drug-likeness (QED) is 0.131. The zero-order valence-corrected chi connectivity index (χ0v) is 30.8. The number of furan rings is 1. The first-order chi connectivity index (χ1) is 26.6. The predicted octanol–water partition coefficient (Wildman–Crippen LogP) is 15.6. The highest BCUT2D eigenvalue weighted by molar-refractivity contribution is 7.26. The Hall–Kier alpha value is -6.48. The van der Waals surface area contributed by atoms with Gasteiger partial charge in [-0.15, -0.1) is 11.3 Å². The summed E-state index contributed by atoms with van der Waals surface area (Å²) in [7, 11) is 0. The molecule has 2 aromatic heterocycles. The minimum atomic E-state index is 0.910. The van der Waals surface area contributed by atoms with Gasteiger partial charge in [0.25, 0.3) is 0 Å². The first kappa shape index (κ1) is 31.1. The van der Waals surface area contributed by atoms with E-state index >= 15 is 0 Å². The van der Waals surface area contributed by atoms with Crippen LogP contribution >= 0.6 is 11.3 Å². The zero-order valence-electron chi connectivity index (χ0n) is 30.0. The molecule has 1 nitrogen and oxygen atoms in total. The van der Waals surface area contributed by atoms with Gasteiger partial charge in [-0.1, -0.05) is 133 Å². The normalized spacial score (nSPS) is 12.4. The van der Waals surface area contributed by atoms with Crippen molar-refractivity contribution in [3.63, 3.8) is 0 Å². The molecule has 0 amide bonds. The van der Waals surface area contributed by atoms with Gasteiger partial charge in [-0.25, -0.2) is 0 Å². The molecule has 0 radical (unpaired) electrons. The lowest BCUT2D eigenvalue weighted by atomic mass is 9.85. The summed E-state index contributed by atoms with van der Waals surface area (Å²) < 4.78 is 9.24. The SMILES string of the molecule is C/C(=C\c1ccc(-c2c3ccccc3c(-c3ccc4oc5cc6c(ccc7sc8ccccc8c76)cc5c4c3)c3ccccc23)cc1C)c1ccccc1. The van der Waals surface area contributed by atoms with Crippen LogP contribution in [-0.4, -0.2) is 0 Å². The van der Waals surface area contributed by atoms with Crippen LogP contribution in [0.5, 0.6) is 0 Å². The third kappa shape index (κ3) is 4.77. The maximum absolute atomic E-state index is 6.61. The molecule has 0 fully saturated rings. The van der Waals surface area contributed by atoms with Gasteiger partial charge in [0, 0.05) is 30.9 Å². The maximum atomic E-state index is 6.61. The molecule has 0 unspecified atom stereocenters. The zero-order chi connectivity index (χ0) is 35.9. The predicted molar refractivity (Wildman–Crippen MR) is 235 cm³/mol. The number of hydrogen-bond donors (Lipinski definition) is 0. The number of thiophene rings is 1. The molecular weight excluding hydrogens is 673 g/mol. The standard InChI is InChI=1S/C52H34OS/c1-31(33-12-4-3-5-13-33)26-34-20-21-36(27-32(34)2)50-38-14-6-8-16-40(38)51(41-17-9-7-15-39(41)50)37-22-24-46-44(29-37)45-28-35-23-25-49-52(43(35)30-47(45)53-46)42-18-10-11-19-48(42)54-49/h3-30H,1-2H3/b31-26+. The fourth-order valence-corrected chi connectivity index (χ4v) is 9.86. The van der Waals surface area contributed by atoms with Crippen molar-refractivity contribution in [2.45, 2.75) is 13.8 Å². The molecular formula is C52H34OS. The lowest BCUT2D eigenvalue weighted by Gasteiger charge is -2.18. The molecule has 0 bridgehead atoms. The van der Waals surface area contributed by atoms with Gasteiger partial charge in [-0.2, -0.15) is 0 Å². The number of fused-ring (bicyclic) bond motifs is 10. The molecule has 11 aromatic rings. The van der Waals surface area contributed by atoms with Crippen LogP contribution in [0, 0.1) is 6.92 Å². The molecule has 0 atom stereocenters. The van der Waals surface area contributed by atoms with Gasteiger partial charge >= 0.3 is 0 Å². The van der Waals surface area contributed by atoms with E-state index in [1.54, 1.807) is 0 Å². The van der Waals surface area contributed by atoms with Crippen LogP contribution in [0.2, 0.25) is 0 Å². The van der Waals surface area contributed by atoms with Crippen molar-refractivity contribution in [3.05, 3.63) is 180 Å². The van der Waals surface area contributed by atoms with Gasteiger partial charge in [0.05, 0.1) is 0 Å². The highest BCUT2D eigenvalue weighted by atomic mass is 32.1. The lowest BCUT2D eigenvalue weighted by molar-refractivity contribution is 0.669. The second-order valence-electron chi connectivity index (χ2n) is 14.5. The van der Waals surface area contributed by atoms with Crippen molar-refractivity contribution in [2.75, 3.05) is 0 Å². The second kappa shape index (κ2) is 12.0. The van der Waals surface area contributed by atoms with E-state index in [-0.39, 0.29) is 0 Å². The van der Waals surface area contributed by atoms with E-state index < -0.39 is 0 Å². The Morgan fingerprint density at radius 1 is 0.481 bits per heavy atom. The van der Waals surface area contributed by atoms with Crippen LogP contribution < -0.4 is 0 Å². The van der Waals surface area contributed by atoms with E-state index in [1.165, 1.54) is 97.0 Å². The van der Waals surface area contributed by atoms with Crippen molar-refractivity contribution in [1.82, 2.24) is 0 Å². The van der Waals surface area contributed by atoms with Crippen LogP contribution in [0.3, 0.4) is 0 Å². The lowest BCUT2D eigenvalue weighted by Crippen LogP contribution is -1.92. The Bertz CT molecular complexity index is 3280. The molecule has 254 valence electrons. The van der Waals surface area contributed by atoms with Crippen LogP contribution in [-0.2, 0) is 0 Å². The number of benzene rings is 9. The fraction of sp³-hybridized carbons (Fsp3) is 0.0385. The van der Waals surface area contributed by atoms with Gasteiger partial charge in [-0.3, -0.25) is 0 Å². The van der Waals surface area contributed by atoms with Crippen molar-refractivity contribution >= 4 is 97.4 Å². The first-order valence-corrected chi connectivity index (χ1v) is 19.4. The molecule has 0 aliphatic rings. The Balaban J connectivity index is 1.09. The molecule has 11 rings (SSSR count). The van der Waals surface area contributed by atoms with E-state index in [4.69, 9.17) is 4.42 Å². The summed E-state index contributed by atoms with van der Waals surface area (Å²) in [4.78, 5) is 0. The molecule has 2 heterocycles. The van der Waals surface area contributed by atoms with Crippen molar-refractivity contribution in [1.29, 1.82) is 0 Å². The third-order valence-electron chi connectivity index (χ3n) is 11.3. The Morgan fingerprint density at radius 2 is 1.09 bits per heavy atom. The summed E-state index contributed by atoms with van der Waals surface area (Å²) >= 11 is 1.86. The summed E-state index contributed by atoms with van der Waals surface area (Å²) in [6.45, 7) is 4.42. The van der Waals surface area contributed by atoms with Crippen LogP contribution in [0.1, 0.15) is 23.6 Å². The minimum absolute atomic E-state index is 0.910. The van der Waals surface area contributed by atoms with E-state index in [0.29, 0.717) is 0 Å². The van der Waals surface area contributed by atoms with Crippen LogP contribution in [0.25, 0.3) is 108 Å². The Labute approximate surface area is 317 Å². The molecule has 0 aliphatic heterocycles. The molecule has 0 saturated heterocycles. The first-order valence-electron chi connectivity index (χ1n) is 18.6. The highest BCUT2D eigenvalue weighted by Gasteiger charge is 2.19. The van der Waals surface area contributed by atoms with Gasteiger partial charge in [0.15, 0.2) is 0 Å². The summed E-state index contributed by atoms with van der Waals surface area (Å²) in [5.74, 6) is 0. The average molecular weight is 707 g/mol. The molecule has 9 aromatic carbocycles. The monoisotopic (exact) mass is 706 g/mol. The van der Waals surface area contributed by atoms with Gasteiger partial charge < -0.3 is 4.42 Å². The highest BCUT2D eigenvalue weighted by Crippen LogP contribution is 2.46. The molecule has 0 spiro atoms. The topological polar surface area (TPSA) is 13.1 Å². The van der Waals surface area contributed by atoms with E-state index in [2.05, 4.69) is 184 Å². The van der Waals surface area contributed by atoms with Gasteiger partial charge in [0.2, 0.25) is 0 Å². The second-order valence-corrected chi connectivity index (χ2v) is 15.6. The number of rotatable bonds is 4. The summed E-state index contributed by atoms with van der Waals surface area (Å²) in [5, 5.41) is 12.4. The van der Waals surface area contributed by atoms with Gasteiger partial charge in [0.1, 0.15) is 11.2 Å². The van der Waals surface area contributed by atoms with E-state index in [0.717, 1.165) is 21.9 Å². The molecule has 0 aliphatic carbocycles. The van der Waals surface area contributed by atoms with Gasteiger partial charge in [-0.05, 0) is 127 Å². The molecule has 0 saturated carbocycles. The number of allylic oxidation sites excluding steroid dienone is 1. The van der Waals surface area contributed by atoms with E-state index in [1.807, 2.05) is 11.3 Å². The number of aryl methyl sites for hydroxylation is 1.